The molecule has 0 radical (unpaired) electrons. The smallest absolute Gasteiger partial charge is 0.295 e. The number of hydrogen-bond donors (Lipinski definition) is 1. The van der Waals surface area contributed by atoms with Crippen molar-refractivity contribution in [1.29, 1.82) is 0 Å². The van der Waals surface area contributed by atoms with Crippen LogP contribution in [0.5, 0.6) is 0 Å². The normalized spacial score (nSPS) is 24.3. The van der Waals surface area contributed by atoms with Crippen LogP contribution in [-0.2, 0) is 4.74 Å². The minimum absolute atomic E-state index is 0.372. The third-order valence-corrected chi connectivity index (χ3v) is 3.34. The van der Waals surface area contributed by atoms with Crippen LogP contribution in [0.4, 0.5) is 6.01 Å². The summed E-state index contributed by atoms with van der Waals surface area (Å²) in [7, 11) is 1.77. The first kappa shape index (κ1) is 10.6. The van der Waals surface area contributed by atoms with E-state index >= 15 is 0 Å². The Morgan fingerprint density at radius 3 is 3.00 bits per heavy atom. The van der Waals surface area contributed by atoms with E-state index in [9.17, 15) is 0 Å². The fourth-order valence-electron chi connectivity index (χ4n) is 2.39. The van der Waals surface area contributed by atoms with Crippen LogP contribution in [-0.4, -0.2) is 24.2 Å². The van der Waals surface area contributed by atoms with E-state index in [4.69, 9.17) is 9.15 Å². The molecule has 1 aliphatic carbocycles. The van der Waals surface area contributed by atoms with E-state index < -0.39 is 0 Å². The van der Waals surface area contributed by atoms with Crippen LogP contribution in [0.25, 0.3) is 11.1 Å². The molecule has 2 aromatic rings. The fraction of sp³-hybridized carbons (Fsp3) is 0.462. The Hall–Kier alpha value is -1.55. The lowest BCUT2D eigenvalue weighted by Gasteiger charge is -2.10. The van der Waals surface area contributed by atoms with Gasteiger partial charge in [-0.25, -0.2) is 0 Å². The van der Waals surface area contributed by atoms with E-state index in [0.29, 0.717) is 18.2 Å². The molecule has 3 rings (SSSR count). The van der Waals surface area contributed by atoms with Crippen LogP contribution in [0.3, 0.4) is 0 Å². The van der Waals surface area contributed by atoms with E-state index in [1.807, 2.05) is 24.3 Å². The van der Waals surface area contributed by atoms with Gasteiger partial charge in [0.2, 0.25) is 0 Å². The van der Waals surface area contributed by atoms with Gasteiger partial charge in [0.1, 0.15) is 5.52 Å². The van der Waals surface area contributed by atoms with Crippen molar-refractivity contribution >= 4 is 17.1 Å². The molecule has 0 amide bonds. The minimum Gasteiger partial charge on any atom is -0.424 e. The Bertz CT molecular complexity index is 476. The molecule has 0 bridgehead atoms. The molecule has 0 saturated heterocycles. The van der Waals surface area contributed by atoms with Crippen LogP contribution >= 0.6 is 0 Å². The zero-order valence-electron chi connectivity index (χ0n) is 9.85. The summed E-state index contributed by atoms with van der Waals surface area (Å²) in [4.78, 5) is 4.41. The van der Waals surface area contributed by atoms with Crippen molar-refractivity contribution < 1.29 is 9.15 Å². The van der Waals surface area contributed by atoms with Gasteiger partial charge in [0, 0.05) is 13.2 Å². The second-order valence-corrected chi connectivity index (χ2v) is 4.50. The van der Waals surface area contributed by atoms with Gasteiger partial charge in [0.25, 0.3) is 6.01 Å². The molecule has 1 N–H and O–H groups in total. The zero-order chi connectivity index (χ0) is 11.7. The zero-order valence-corrected chi connectivity index (χ0v) is 9.85. The van der Waals surface area contributed by atoms with Crippen LogP contribution < -0.4 is 5.32 Å². The minimum atomic E-state index is 0.372. The first-order chi connectivity index (χ1) is 8.35. The molecular weight excluding hydrogens is 216 g/mol. The highest BCUT2D eigenvalue weighted by Gasteiger charge is 2.25. The maximum Gasteiger partial charge on any atom is 0.295 e. The van der Waals surface area contributed by atoms with Crippen LogP contribution in [0.2, 0.25) is 0 Å². The number of aromatic nitrogens is 1. The highest BCUT2D eigenvalue weighted by Crippen LogP contribution is 2.26. The lowest BCUT2D eigenvalue weighted by atomic mass is 10.2. The third kappa shape index (κ3) is 2.13. The molecule has 1 aromatic carbocycles. The first-order valence-corrected chi connectivity index (χ1v) is 6.00. The van der Waals surface area contributed by atoms with Gasteiger partial charge in [0.05, 0.1) is 6.10 Å². The van der Waals surface area contributed by atoms with E-state index in [0.717, 1.165) is 30.4 Å². The van der Waals surface area contributed by atoms with Gasteiger partial charge in [-0.2, -0.15) is 4.98 Å². The molecule has 0 aliphatic heterocycles. The summed E-state index contributed by atoms with van der Waals surface area (Å²) in [5.41, 5.74) is 1.73. The molecular formula is C13H16N2O2. The summed E-state index contributed by atoms with van der Waals surface area (Å²) in [5.74, 6) is 0. The molecule has 0 spiro atoms. The number of fused-ring (bicyclic) bond motifs is 1. The monoisotopic (exact) mass is 232 g/mol. The number of nitrogens with zero attached hydrogens (tertiary/aromatic N) is 1. The fourth-order valence-corrected chi connectivity index (χ4v) is 2.39. The number of benzene rings is 1. The molecule has 1 heterocycles. The molecule has 1 saturated carbocycles. The largest absolute Gasteiger partial charge is 0.424 e. The summed E-state index contributed by atoms with van der Waals surface area (Å²) < 4.78 is 11.0. The van der Waals surface area contributed by atoms with Gasteiger partial charge in [-0.15, -0.1) is 0 Å². The average molecular weight is 232 g/mol. The maximum absolute atomic E-state index is 5.64. The molecule has 2 atom stereocenters. The molecule has 4 nitrogen and oxygen atoms in total. The number of methoxy groups -OCH3 is 1. The number of para-hydroxylation sites is 2. The number of oxazole rings is 1. The number of ether oxygens (including phenoxy) is 1. The third-order valence-electron chi connectivity index (χ3n) is 3.34. The Kier molecular flexibility index (Phi) is 2.73. The Morgan fingerprint density at radius 1 is 1.35 bits per heavy atom. The molecule has 17 heavy (non-hydrogen) atoms. The van der Waals surface area contributed by atoms with Crippen molar-refractivity contribution in [3.05, 3.63) is 24.3 Å². The summed E-state index contributed by atoms with van der Waals surface area (Å²) in [6.07, 6.45) is 3.61. The van der Waals surface area contributed by atoms with Crippen LogP contribution in [0.15, 0.2) is 28.7 Å². The quantitative estimate of drug-likeness (QED) is 0.884. The number of rotatable bonds is 3. The van der Waals surface area contributed by atoms with Crippen LogP contribution in [0, 0.1) is 0 Å². The molecule has 1 fully saturated rings. The first-order valence-electron chi connectivity index (χ1n) is 6.00. The predicted octanol–water partition coefficient (Wildman–Crippen LogP) is 2.81. The lowest BCUT2D eigenvalue weighted by Crippen LogP contribution is -2.17. The van der Waals surface area contributed by atoms with Gasteiger partial charge < -0.3 is 14.5 Å². The maximum atomic E-state index is 5.64. The van der Waals surface area contributed by atoms with Crippen molar-refractivity contribution in [2.24, 2.45) is 0 Å². The van der Waals surface area contributed by atoms with Crippen molar-refractivity contribution in [3.63, 3.8) is 0 Å². The van der Waals surface area contributed by atoms with Crippen molar-refractivity contribution in [2.75, 3.05) is 12.4 Å². The van der Waals surface area contributed by atoms with Gasteiger partial charge in [-0.05, 0) is 31.4 Å². The summed E-state index contributed by atoms with van der Waals surface area (Å²) in [6, 6.07) is 8.83. The van der Waals surface area contributed by atoms with E-state index in [1.54, 1.807) is 7.11 Å². The van der Waals surface area contributed by atoms with Crippen molar-refractivity contribution in [3.8, 4) is 0 Å². The average Bonchev–Trinajstić information content (AvgIpc) is 2.94. The second-order valence-electron chi connectivity index (χ2n) is 4.50. The second kappa shape index (κ2) is 4.37. The Balaban J connectivity index is 1.73. The topological polar surface area (TPSA) is 47.3 Å². The predicted molar refractivity (Wildman–Crippen MR) is 66.1 cm³/mol. The SMILES string of the molecule is COC1CCC(Nc2nc3ccccc3o2)C1. The number of anilines is 1. The van der Waals surface area contributed by atoms with Gasteiger partial charge in [0.15, 0.2) is 5.58 Å². The molecule has 1 aromatic heterocycles. The van der Waals surface area contributed by atoms with Crippen molar-refractivity contribution in [1.82, 2.24) is 4.98 Å². The molecule has 4 heteroatoms. The lowest BCUT2D eigenvalue weighted by molar-refractivity contribution is 0.108. The van der Waals surface area contributed by atoms with E-state index in [1.165, 1.54) is 0 Å². The summed E-state index contributed by atoms with van der Waals surface area (Å²) in [6.45, 7) is 0. The van der Waals surface area contributed by atoms with E-state index in [-0.39, 0.29) is 0 Å². The number of nitrogens with one attached hydrogen (secondary N) is 1. The van der Waals surface area contributed by atoms with Gasteiger partial charge in [-0.1, -0.05) is 12.1 Å². The summed E-state index contributed by atoms with van der Waals surface area (Å²) in [5, 5.41) is 3.34. The highest BCUT2D eigenvalue weighted by molar-refractivity contribution is 5.74. The van der Waals surface area contributed by atoms with E-state index in [2.05, 4.69) is 10.3 Å². The van der Waals surface area contributed by atoms with Gasteiger partial charge in [-0.3, -0.25) is 0 Å². The molecule has 90 valence electrons. The Labute approximate surface area is 100.0 Å². The Morgan fingerprint density at radius 2 is 2.24 bits per heavy atom. The van der Waals surface area contributed by atoms with Crippen LogP contribution in [0.1, 0.15) is 19.3 Å². The molecule has 1 aliphatic rings. The van der Waals surface area contributed by atoms with Crippen molar-refractivity contribution in [2.45, 2.75) is 31.4 Å². The number of hydrogen-bond acceptors (Lipinski definition) is 4. The molecule has 2 unspecified atom stereocenters. The van der Waals surface area contributed by atoms with Gasteiger partial charge >= 0.3 is 0 Å². The highest BCUT2D eigenvalue weighted by atomic mass is 16.5. The summed E-state index contributed by atoms with van der Waals surface area (Å²) >= 11 is 0. The standard InChI is InChI=1S/C13H16N2O2/c1-16-10-7-6-9(8-10)14-13-15-11-4-2-3-5-12(11)17-13/h2-5,9-10H,6-8H2,1H3,(H,14,15).